The van der Waals surface area contributed by atoms with Crippen molar-refractivity contribution in [3.8, 4) is 17.6 Å². The largest absolute Gasteiger partial charge is 0.457 e. The first-order valence-corrected chi connectivity index (χ1v) is 8.41. The summed E-state index contributed by atoms with van der Waals surface area (Å²) in [5.74, 6) is 2.18. The van der Waals surface area contributed by atoms with E-state index in [-0.39, 0.29) is 0 Å². The summed E-state index contributed by atoms with van der Waals surface area (Å²) in [5.41, 5.74) is 1.51. The van der Waals surface area contributed by atoms with Gasteiger partial charge in [0.15, 0.2) is 0 Å². The first-order valence-electron chi connectivity index (χ1n) is 7.63. The smallest absolute Gasteiger partial charge is 0.207 e. The molecule has 3 aromatic rings. The van der Waals surface area contributed by atoms with Gasteiger partial charge in [-0.2, -0.15) is 9.64 Å². The Kier molecular flexibility index (Phi) is 5.57. The van der Waals surface area contributed by atoms with Crippen LogP contribution >= 0.6 is 11.5 Å². The highest BCUT2D eigenvalue weighted by Crippen LogP contribution is 2.25. The van der Waals surface area contributed by atoms with Gasteiger partial charge < -0.3 is 14.8 Å². The molecule has 0 bridgehead atoms. The van der Waals surface area contributed by atoms with Gasteiger partial charge in [-0.1, -0.05) is 0 Å². The Morgan fingerprint density at radius 1 is 1.08 bits per heavy atom. The minimum absolute atomic E-state index is 0.605. The highest BCUT2D eigenvalue weighted by atomic mass is 32.1. The molecular formula is C18H16N4O2S. The average molecular weight is 352 g/mol. The molecule has 25 heavy (non-hydrogen) atoms. The van der Waals surface area contributed by atoms with Crippen LogP contribution in [0.3, 0.4) is 0 Å². The molecule has 0 radical (unpaired) electrons. The maximum absolute atomic E-state index is 8.80. The molecule has 0 aliphatic heterocycles. The minimum Gasteiger partial charge on any atom is -0.457 e. The summed E-state index contributed by atoms with van der Waals surface area (Å²) in [6.07, 6.45) is 0.700. The molecule has 7 heteroatoms. The quantitative estimate of drug-likeness (QED) is 0.688. The zero-order chi connectivity index (χ0) is 17.5. The standard InChI is InChI=1S/C18H16N4O2S/c1-23-11-10-17-21-18(25-22-17)20-14-4-8-16(9-5-14)24-15-6-2-13(12-19)3-7-15/h2-9H,10-11H2,1H3,(H,20,21,22). The van der Waals surface area contributed by atoms with Crippen LogP contribution in [0.5, 0.6) is 11.5 Å². The third kappa shape index (κ3) is 4.76. The second-order valence-electron chi connectivity index (χ2n) is 5.15. The maximum Gasteiger partial charge on any atom is 0.207 e. The van der Waals surface area contributed by atoms with E-state index in [1.165, 1.54) is 11.5 Å². The summed E-state index contributed by atoms with van der Waals surface area (Å²) >= 11 is 1.32. The Morgan fingerprint density at radius 3 is 2.40 bits per heavy atom. The molecular weight excluding hydrogens is 336 g/mol. The number of nitrogens with one attached hydrogen (secondary N) is 1. The first kappa shape index (κ1) is 16.9. The lowest BCUT2D eigenvalue weighted by Crippen LogP contribution is -1.96. The van der Waals surface area contributed by atoms with Gasteiger partial charge in [0.2, 0.25) is 5.13 Å². The van der Waals surface area contributed by atoms with E-state index >= 15 is 0 Å². The lowest BCUT2D eigenvalue weighted by molar-refractivity contribution is 0.201. The lowest BCUT2D eigenvalue weighted by atomic mass is 10.2. The molecule has 0 fully saturated rings. The number of aromatic nitrogens is 2. The van der Waals surface area contributed by atoms with Crippen molar-refractivity contribution < 1.29 is 9.47 Å². The lowest BCUT2D eigenvalue weighted by Gasteiger charge is -2.07. The number of hydrogen-bond donors (Lipinski definition) is 1. The molecule has 0 saturated heterocycles. The topological polar surface area (TPSA) is 80.1 Å². The van der Waals surface area contributed by atoms with E-state index in [1.807, 2.05) is 24.3 Å². The van der Waals surface area contributed by atoms with Gasteiger partial charge in [-0.25, -0.2) is 4.98 Å². The maximum atomic E-state index is 8.80. The van der Waals surface area contributed by atoms with Crippen molar-refractivity contribution in [3.63, 3.8) is 0 Å². The second kappa shape index (κ2) is 8.24. The molecule has 0 spiro atoms. The van der Waals surface area contributed by atoms with Crippen molar-refractivity contribution in [1.29, 1.82) is 5.26 Å². The van der Waals surface area contributed by atoms with Gasteiger partial charge in [0, 0.05) is 30.8 Å². The molecule has 0 aliphatic carbocycles. The number of benzene rings is 2. The predicted octanol–water partition coefficient (Wildman–Crippen LogP) is 4.13. The summed E-state index contributed by atoms with van der Waals surface area (Å²) in [5, 5.41) is 12.8. The molecule has 0 atom stereocenters. The summed E-state index contributed by atoms with van der Waals surface area (Å²) < 4.78 is 15.1. The van der Waals surface area contributed by atoms with E-state index in [4.69, 9.17) is 14.7 Å². The molecule has 1 aromatic heterocycles. The fourth-order valence-electron chi connectivity index (χ4n) is 2.06. The van der Waals surface area contributed by atoms with E-state index in [9.17, 15) is 0 Å². The highest BCUT2D eigenvalue weighted by molar-refractivity contribution is 7.09. The first-order chi connectivity index (χ1) is 12.3. The monoisotopic (exact) mass is 352 g/mol. The number of ether oxygens (including phenoxy) is 2. The highest BCUT2D eigenvalue weighted by Gasteiger charge is 2.05. The molecule has 6 nitrogen and oxygen atoms in total. The minimum atomic E-state index is 0.605. The third-order valence-electron chi connectivity index (χ3n) is 3.32. The molecule has 0 aliphatic rings. The molecule has 3 rings (SSSR count). The van der Waals surface area contributed by atoms with Crippen LogP contribution in [0.1, 0.15) is 11.4 Å². The van der Waals surface area contributed by atoms with Crippen molar-refractivity contribution in [2.24, 2.45) is 0 Å². The number of rotatable bonds is 7. The fourth-order valence-corrected chi connectivity index (χ4v) is 2.70. The molecule has 0 unspecified atom stereocenters. The van der Waals surface area contributed by atoms with Crippen molar-refractivity contribution in [2.45, 2.75) is 6.42 Å². The van der Waals surface area contributed by atoms with Crippen LogP contribution in [-0.2, 0) is 11.2 Å². The summed E-state index contributed by atoms with van der Waals surface area (Å²) in [4.78, 5) is 4.41. The Hall–Kier alpha value is -2.95. The molecule has 1 N–H and O–H groups in total. The molecule has 1 heterocycles. The average Bonchev–Trinajstić information content (AvgIpc) is 3.09. The van der Waals surface area contributed by atoms with Crippen LogP contribution in [0.25, 0.3) is 0 Å². The third-order valence-corrected chi connectivity index (χ3v) is 3.99. The van der Waals surface area contributed by atoms with E-state index in [0.29, 0.717) is 30.1 Å². The van der Waals surface area contributed by atoms with E-state index < -0.39 is 0 Å². The van der Waals surface area contributed by atoms with E-state index in [1.54, 1.807) is 31.4 Å². The molecule has 0 saturated carbocycles. The summed E-state index contributed by atoms with van der Waals surface area (Å²) in [7, 11) is 1.66. The summed E-state index contributed by atoms with van der Waals surface area (Å²) in [6, 6.07) is 16.6. The molecule has 0 amide bonds. The van der Waals surface area contributed by atoms with Crippen LogP contribution in [0.15, 0.2) is 48.5 Å². The number of nitrogens with zero attached hydrogens (tertiary/aromatic N) is 3. The Bertz CT molecular complexity index is 854. The number of nitriles is 1. The second-order valence-corrected chi connectivity index (χ2v) is 5.90. The van der Waals surface area contributed by atoms with Crippen LogP contribution < -0.4 is 10.1 Å². The predicted molar refractivity (Wildman–Crippen MR) is 96.4 cm³/mol. The van der Waals surface area contributed by atoms with Crippen LogP contribution in [-0.4, -0.2) is 23.1 Å². The number of anilines is 2. The SMILES string of the molecule is COCCc1nsc(Nc2ccc(Oc3ccc(C#N)cc3)cc2)n1. The van der Waals surface area contributed by atoms with Gasteiger partial charge in [0.25, 0.3) is 0 Å². The van der Waals surface area contributed by atoms with Crippen molar-refractivity contribution in [3.05, 3.63) is 59.9 Å². The van der Waals surface area contributed by atoms with Crippen molar-refractivity contribution in [2.75, 3.05) is 19.0 Å². The van der Waals surface area contributed by atoms with Crippen LogP contribution in [0, 0.1) is 11.3 Å². The molecule has 2 aromatic carbocycles. The van der Waals surface area contributed by atoms with Gasteiger partial charge >= 0.3 is 0 Å². The van der Waals surface area contributed by atoms with Gasteiger partial charge in [0.05, 0.1) is 18.2 Å². The van der Waals surface area contributed by atoms with Gasteiger partial charge in [0.1, 0.15) is 17.3 Å². The number of hydrogen-bond acceptors (Lipinski definition) is 7. The van der Waals surface area contributed by atoms with Crippen molar-refractivity contribution in [1.82, 2.24) is 9.36 Å². The van der Waals surface area contributed by atoms with E-state index in [0.717, 1.165) is 16.6 Å². The van der Waals surface area contributed by atoms with Gasteiger partial charge in [-0.15, -0.1) is 0 Å². The normalized spacial score (nSPS) is 10.2. The Morgan fingerprint density at radius 2 is 1.76 bits per heavy atom. The van der Waals surface area contributed by atoms with Crippen LogP contribution in [0.2, 0.25) is 0 Å². The van der Waals surface area contributed by atoms with Crippen LogP contribution in [0.4, 0.5) is 10.8 Å². The Balaban J connectivity index is 1.59. The van der Waals surface area contributed by atoms with E-state index in [2.05, 4.69) is 20.7 Å². The molecule has 126 valence electrons. The van der Waals surface area contributed by atoms with Gasteiger partial charge in [-0.05, 0) is 48.5 Å². The van der Waals surface area contributed by atoms with Crippen molar-refractivity contribution >= 4 is 22.4 Å². The van der Waals surface area contributed by atoms with Gasteiger partial charge in [-0.3, -0.25) is 0 Å². The zero-order valence-electron chi connectivity index (χ0n) is 13.6. The fraction of sp³-hybridized carbons (Fsp3) is 0.167. The Labute approximate surface area is 149 Å². The number of methoxy groups -OCH3 is 1. The zero-order valence-corrected chi connectivity index (χ0v) is 14.4. The summed E-state index contributed by atoms with van der Waals surface area (Å²) in [6.45, 7) is 0.609.